The van der Waals surface area contributed by atoms with Gasteiger partial charge in [0.05, 0.1) is 11.8 Å². The van der Waals surface area contributed by atoms with Crippen LogP contribution in [-0.4, -0.2) is 17.6 Å². The molecule has 5 nitrogen and oxygen atoms in total. The Bertz CT molecular complexity index is 1130. The minimum Gasteiger partial charge on any atom is -0.321 e. The highest BCUT2D eigenvalue weighted by molar-refractivity contribution is 7.99. The molecule has 31 heavy (non-hydrogen) atoms. The van der Waals surface area contributed by atoms with Gasteiger partial charge in [-0.05, 0) is 60.5 Å². The van der Waals surface area contributed by atoms with Crippen molar-refractivity contribution in [3.8, 4) is 6.07 Å². The maximum absolute atomic E-state index is 13.0. The van der Waals surface area contributed by atoms with E-state index in [-0.39, 0.29) is 11.6 Å². The molecule has 3 aromatic rings. The highest BCUT2D eigenvalue weighted by atomic mass is 32.2. The molecule has 0 aromatic heterocycles. The quantitative estimate of drug-likeness (QED) is 0.410. The summed E-state index contributed by atoms with van der Waals surface area (Å²) in [5.74, 6) is -0.427. The Labute approximate surface area is 185 Å². The number of benzene rings is 3. The summed E-state index contributed by atoms with van der Waals surface area (Å²) in [5.41, 5.74) is 3.02. The zero-order chi connectivity index (χ0) is 22.1. The highest BCUT2D eigenvalue weighted by Gasteiger charge is 2.15. The summed E-state index contributed by atoms with van der Waals surface area (Å²) in [6.07, 6.45) is 1.67. The smallest absolute Gasteiger partial charge is 0.272 e. The molecule has 0 saturated heterocycles. The number of carbonyl (C=O) groups is 2. The van der Waals surface area contributed by atoms with Gasteiger partial charge in [0.15, 0.2) is 0 Å². The first-order valence-electron chi connectivity index (χ1n) is 9.61. The number of amides is 2. The molecule has 0 aliphatic heterocycles. The number of thioether (sulfide) groups is 1. The van der Waals surface area contributed by atoms with Gasteiger partial charge in [0.1, 0.15) is 5.70 Å². The van der Waals surface area contributed by atoms with Gasteiger partial charge < -0.3 is 10.6 Å². The molecular weight excluding hydrogens is 406 g/mol. The third kappa shape index (κ3) is 6.33. The minimum absolute atomic E-state index is 0.145. The van der Waals surface area contributed by atoms with E-state index < -0.39 is 5.91 Å². The minimum atomic E-state index is -0.426. The van der Waals surface area contributed by atoms with Crippen LogP contribution in [0.4, 0.5) is 5.69 Å². The Balaban J connectivity index is 1.83. The van der Waals surface area contributed by atoms with E-state index in [0.29, 0.717) is 17.0 Å². The Morgan fingerprint density at radius 3 is 2.32 bits per heavy atom. The number of aryl methyl sites for hydroxylation is 1. The van der Waals surface area contributed by atoms with Gasteiger partial charge in [-0.2, -0.15) is 5.26 Å². The molecule has 0 bridgehead atoms. The van der Waals surface area contributed by atoms with Gasteiger partial charge in [0.25, 0.3) is 11.8 Å². The lowest BCUT2D eigenvalue weighted by Crippen LogP contribution is -2.30. The van der Waals surface area contributed by atoms with Gasteiger partial charge in [0.2, 0.25) is 0 Å². The molecular formula is C25H21N3O2S. The van der Waals surface area contributed by atoms with Crippen LogP contribution in [0.3, 0.4) is 0 Å². The predicted octanol–water partition coefficient (Wildman–Crippen LogP) is 5.02. The first-order valence-corrected chi connectivity index (χ1v) is 10.6. The summed E-state index contributed by atoms with van der Waals surface area (Å²) in [7, 11) is 0. The normalized spacial score (nSPS) is 10.8. The average molecular weight is 428 g/mol. The Morgan fingerprint density at radius 1 is 0.968 bits per heavy atom. The van der Waals surface area contributed by atoms with Crippen LogP contribution < -0.4 is 10.6 Å². The standard InChI is InChI=1S/C25H21N3O2S/c1-18-7-5-6-10-20(18)17-23(28-24(29)19-8-3-2-4-9-19)25(30)27-21-11-13-22(14-12-21)31-16-15-26/h2-14,17H,16H2,1H3,(H,27,30)(H,28,29)/b23-17-. The highest BCUT2D eigenvalue weighted by Crippen LogP contribution is 2.20. The molecule has 0 aliphatic rings. The van der Waals surface area contributed by atoms with Gasteiger partial charge in [-0.1, -0.05) is 42.5 Å². The number of nitriles is 1. The fourth-order valence-electron chi connectivity index (χ4n) is 2.80. The molecule has 0 heterocycles. The SMILES string of the molecule is Cc1ccccc1/C=C(\NC(=O)c1ccccc1)C(=O)Nc1ccc(SCC#N)cc1. The average Bonchev–Trinajstić information content (AvgIpc) is 2.80. The fourth-order valence-corrected chi connectivity index (χ4v) is 3.35. The summed E-state index contributed by atoms with van der Waals surface area (Å²) in [4.78, 5) is 26.6. The van der Waals surface area contributed by atoms with Gasteiger partial charge >= 0.3 is 0 Å². The summed E-state index contributed by atoms with van der Waals surface area (Å²) >= 11 is 1.42. The van der Waals surface area contributed by atoms with Crippen LogP contribution in [-0.2, 0) is 4.79 Å². The van der Waals surface area contributed by atoms with Crippen molar-refractivity contribution in [2.75, 3.05) is 11.1 Å². The van der Waals surface area contributed by atoms with Crippen molar-refractivity contribution in [1.29, 1.82) is 5.26 Å². The third-order valence-electron chi connectivity index (χ3n) is 4.43. The molecule has 6 heteroatoms. The Hall–Kier alpha value is -3.82. The number of carbonyl (C=O) groups excluding carboxylic acids is 2. The number of hydrogen-bond acceptors (Lipinski definition) is 4. The monoisotopic (exact) mass is 427 g/mol. The van der Waals surface area contributed by atoms with Crippen molar-refractivity contribution in [2.24, 2.45) is 0 Å². The van der Waals surface area contributed by atoms with Crippen molar-refractivity contribution < 1.29 is 9.59 Å². The molecule has 0 unspecified atom stereocenters. The fraction of sp³-hybridized carbons (Fsp3) is 0.0800. The summed E-state index contributed by atoms with van der Waals surface area (Å²) in [5, 5.41) is 14.3. The molecule has 0 atom stereocenters. The Morgan fingerprint density at radius 2 is 1.65 bits per heavy atom. The first kappa shape index (κ1) is 21.9. The van der Waals surface area contributed by atoms with E-state index in [1.54, 1.807) is 42.5 Å². The molecule has 3 aromatic carbocycles. The van der Waals surface area contributed by atoms with Crippen LogP contribution in [0.25, 0.3) is 6.08 Å². The zero-order valence-corrected chi connectivity index (χ0v) is 17.8. The van der Waals surface area contributed by atoms with Crippen molar-refractivity contribution in [3.63, 3.8) is 0 Å². The Kier molecular flexibility index (Phi) is 7.63. The van der Waals surface area contributed by atoms with Crippen LogP contribution in [0.2, 0.25) is 0 Å². The van der Waals surface area contributed by atoms with Gasteiger partial charge in [0, 0.05) is 16.1 Å². The molecule has 0 aliphatic carbocycles. The lowest BCUT2D eigenvalue weighted by Gasteiger charge is -2.12. The van der Waals surface area contributed by atoms with Gasteiger partial charge in [-0.25, -0.2) is 0 Å². The summed E-state index contributed by atoms with van der Waals surface area (Å²) < 4.78 is 0. The number of hydrogen-bond donors (Lipinski definition) is 2. The topological polar surface area (TPSA) is 82.0 Å². The van der Waals surface area contributed by atoms with Crippen molar-refractivity contribution in [2.45, 2.75) is 11.8 Å². The molecule has 2 amide bonds. The zero-order valence-electron chi connectivity index (χ0n) is 17.0. The second kappa shape index (κ2) is 10.8. The second-order valence-electron chi connectivity index (χ2n) is 6.66. The van der Waals surface area contributed by atoms with E-state index in [2.05, 4.69) is 16.7 Å². The van der Waals surface area contributed by atoms with Crippen molar-refractivity contribution >= 4 is 35.3 Å². The summed E-state index contributed by atoms with van der Waals surface area (Å²) in [6, 6.07) is 25.7. The van der Waals surface area contributed by atoms with E-state index in [0.717, 1.165) is 16.0 Å². The first-order chi connectivity index (χ1) is 15.1. The van der Waals surface area contributed by atoms with Crippen LogP contribution in [0.1, 0.15) is 21.5 Å². The number of nitrogens with one attached hydrogen (secondary N) is 2. The molecule has 0 saturated carbocycles. The summed E-state index contributed by atoms with van der Waals surface area (Å²) in [6.45, 7) is 1.94. The van der Waals surface area contributed by atoms with Crippen LogP contribution in [0.15, 0.2) is 89.5 Å². The van der Waals surface area contributed by atoms with E-state index in [1.807, 2.05) is 49.4 Å². The van der Waals surface area contributed by atoms with Gasteiger partial charge in [-0.3, -0.25) is 9.59 Å². The van der Waals surface area contributed by atoms with Gasteiger partial charge in [-0.15, -0.1) is 11.8 Å². The molecule has 0 spiro atoms. The maximum Gasteiger partial charge on any atom is 0.272 e. The van der Waals surface area contributed by atoms with Crippen molar-refractivity contribution in [3.05, 3.63) is 101 Å². The van der Waals surface area contributed by atoms with Crippen LogP contribution >= 0.6 is 11.8 Å². The number of nitrogens with zero attached hydrogens (tertiary/aromatic N) is 1. The molecule has 2 N–H and O–H groups in total. The predicted molar refractivity (Wildman–Crippen MR) is 124 cm³/mol. The van der Waals surface area contributed by atoms with Crippen molar-refractivity contribution in [1.82, 2.24) is 5.32 Å². The van der Waals surface area contributed by atoms with Crippen LogP contribution in [0, 0.1) is 18.3 Å². The second-order valence-corrected chi connectivity index (χ2v) is 7.71. The number of anilines is 1. The molecule has 0 fully saturated rings. The van der Waals surface area contributed by atoms with E-state index in [4.69, 9.17) is 5.26 Å². The lowest BCUT2D eigenvalue weighted by atomic mass is 10.1. The van der Waals surface area contributed by atoms with E-state index in [9.17, 15) is 9.59 Å². The molecule has 154 valence electrons. The number of rotatable bonds is 7. The third-order valence-corrected chi connectivity index (χ3v) is 5.31. The van der Waals surface area contributed by atoms with E-state index in [1.165, 1.54) is 11.8 Å². The largest absolute Gasteiger partial charge is 0.321 e. The van der Waals surface area contributed by atoms with E-state index >= 15 is 0 Å². The maximum atomic E-state index is 13.0. The molecule has 3 rings (SSSR count). The van der Waals surface area contributed by atoms with Crippen LogP contribution in [0.5, 0.6) is 0 Å². The lowest BCUT2D eigenvalue weighted by molar-refractivity contribution is -0.113. The molecule has 0 radical (unpaired) electrons.